The molecule has 1 saturated heterocycles. The molecule has 1 atom stereocenters. The second-order valence-electron chi connectivity index (χ2n) is 4.03. The van der Waals surface area contributed by atoms with Crippen molar-refractivity contribution in [1.82, 2.24) is 10.2 Å². The Bertz CT molecular complexity index is 247. The minimum Gasteiger partial charge on any atom is -0.390 e. The average molecular weight is 236 g/mol. The Morgan fingerprint density at radius 2 is 2.31 bits per heavy atom. The van der Waals surface area contributed by atoms with E-state index in [4.69, 9.17) is 5.11 Å². The summed E-state index contributed by atoms with van der Waals surface area (Å²) in [4.78, 5) is 12.9. The van der Waals surface area contributed by atoms with Crippen molar-refractivity contribution < 1.29 is 18.7 Å². The molecule has 0 bridgehead atoms. The van der Waals surface area contributed by atoms with Gasteiger partial charge >= 0.3 is 0 Å². The summed E-state index contributed by atoms with van der Waals surface area (Å²) in [6.07, 6.45) is 1.40. The van der Waals surface area contributed by atoms with E-state index in [0.717, 1.165) is 4.90 Å². The molecule has 2 N–H and O–H groups in total. The van der Waals surface area contributed by atoms with Crippen LogP contribution in [0.2, 0.25) is 0 Å². The van der Waals surface area contributed by atoms with Gasteiger partial charge in [0.1, 0.15) is 6.61 Å². The number of piperidine rings is 1. The van der Waals surface area contributed by atoms with Crippen molar-refractivity contribution >= 4 is 5.91 Å². The van der Waals surface area contributed by atoms with E-state index in [9.17, 15) is 13.6 Å². The molecule has 1 heterocycles. The minimum absolute atomic E-state index is 0.291. The van der Waals surface area contributed by atoms with Crippen molar-refractivity contribution in [3.05, 3.63) is 0 Å². The van der Waals surface area contributed by atoms with Crippen LogP contribution in [0.4, 0.5) is 8.78 Å². The summed E-state index contributed by atoms with van der Waals surface area (Å²) in [7, 11) is 0. The zero-order valence-corrected chi connectivity index (χ0v) is 9.38. The van der Waals surface area contributed by atoms with Gasteiger partial charge in [0.15, 0.2) is 0 Å². The molecule has 0 saturated carbocycles. The maximum atomic E-state index is 13.0. The summed E-state index contributed by atoms with van der Waals surface area (Å²) >= 11 is 0. The van der Waals surface area contributed by atoms with E-state index in [-0.39, 0.29) is 11.9 Å². The van der Waals surface area contributed by atoms with Crippen LogP contribution < -0.4 is 5.32 Å². The molecule has 16 heavy (non-hydrogen) atoms. The Hall–Kier alpha value is -0.750. The number of nitrogens with one attached hydrogen (secondary N) is 1. The first kappa shape index (κ1) is 13.3. The zero-order chi connectivity index (χ0) is 12.2. The van der Waals surface area contributed by atoms with Crippen molar-refractivity contribution in [3.63, 3.8) is 0 Å². The maximum Gasteiger partial charge on any atom is 0.287 e. The van der Waals surface area contributed by atoms with Gasteiger partial charge in [-0.15, -0.1) is 0 Å². The first-order valence-electron chi connectivity index (χ1n) is 5.51. The predicted octanol–water partition coefficient (Wildman–Crippen LogP) is 0.214. The Labute approximate surface area is 93.6 Å². The molecule has 0 aromatic heterocycles. The van der Waals surface area contributed by atoms with E-state index in [1.165, 1.54) is 0 Å². The minimum atomic E-state index is -3.20. The molecule has 1 aliphatic heterocycles. The van der Waals surface area contributed by atoms with Gasteiger partial charge in [-0.3, -0.25) is 4.79 Å². The molecule has 1 fully saturated rings. The fourth-order valence-corrected chi connectivity index (χ4v) is 1.86. The lowest BCUT2D eigenvalue weighted by Crippen LogP contribution is -2.54. The highest BCUT2D eigenvalue weighted by molar-refractivity contribution is 5.82. The number of amides is 1. The quantitative estimate of drug-likeness (QED) is 0.717. The summed E-state index contributed by atoms with van der Waals surface area (Å²) in [6.45, 7) is 0.943. The molecule has 1 aliphatic rings. The highest BCUT2D eigenvalue weighted by Gasteiger charge is 2.36. The largest absolute Gasteiger partial charge is 0.390 e. The van der Waals surface area contributed by atoms with Crippen LogP contribution in [0.3, 0.4) is 0 Å². The second kappa shape index (κ2) is 5.54. The maximum absolute atomic E-state index is 13.0. The van der Waals surface area contributed by atoms with Crippen molar-refractivity contribution in [3.8, 4) is 0 Å². The normalized spacial score (nSPS) is 22.6. The standard InChI is InChI=1S/C10H18F2N2O2/c1-2-13-8-4-3-5-14(9(8)16)6-10(11,12)7-15/h8,13,15H,2-7H2,1H3. The summed E-state index contributed by atoms with van der Waals surface area (Å²) in [5.41, 5.74) is 0. The molecule has 0 aliphatic carbocycles. The Morgan fingerprint density at radius 1 is 1.62 bits per heavy atom. The summed E-state index contributed by atoms with van der Waals surface area (Å²) in [5, 5.41) is 11.4. The zero-order valence-electron chi connectivity index (χ0n) is 9.38. The van der Waals surface area contributed by atoms with Gasteiger partial charge in [0.25, 0.3) is 5.92 Å². The Kier molecular flexibility index (Phi) is 4.61. The van der Waals surface area contributed by atoms with Crippen LogP contribution in [0.15, 0.2) is 0 Å². The summed E-state index contributed by atoms with van der Waals surface area (Å²) < 4.78 is 25.9. The van der Waals surface area contributed by atoms with E-state index in [1.807, 2.05) is 6.92 Å². The third-order valence-electron chi connectivity index (χ3n) is 2.63. The van der Waals surface area contributed by atoms with Crippen LogP contribution in [-0.2, 0) is 4.79 Å². The molecule has 6 heteroatoms. The predicted molar refractivity (Wildman–Crippen MR) is 55.3 cm³/mol. The Morgan fingerprint density at radius 3 is 2.88 bits per heavy atom. The van der Waals surface area contributed by atoms with Gasteiger partial charge in [-0.2, -0.15) is 0 Å². The Balaban J connectivity index is 2.57. The molecule has 4 nitrogen and oxygen atoms in total. The third kappa shape index (κ3) is 3.38. The molecule has 1 rings (SSSR count). The van der Waals surface area contributed by atoms with E-state index < -0.39 is 19.1 Å². The van der Waals surface area contributed by atoms with E-state index in [0.29, 0.717) is 25.9 Å². The highest BCUT2D eigenvalue weighted by Crippen LogP contribution is 2.19. The number of rotatable bonds is 5. The number of hydrogen-bond acceptors (Lipinski definition) is 3. The molecular weight excluding hydrogens is 218 g/mol. The van der Waals surface area contributed by atoms with Gasteiger partial charge in [0.2, 0.25) is 5.91 Å². The van der Waals surface area contributed by atoms with Gasteiger partial charge in [0, 0.05) is 6.54 Å². The average Bonchev–Trinajstić information content (AvgIpc) is 2.24. The van der Waals surface area contributed by atoms with Crippen molar-refractivity contribution in [2.75, 3.05) is 26.2 Å². The monoisotopic (exact) mass is 236 g/mol. The number of nitrogens with zero attached hydrogens (tertiary/aromatic N) is 1. The van der Waals surface area contributed by atoms with E-state index in [2.05, 4.69) is 5.32 Å². The number of hydrogen-bond donors (Lipinski definition) is 2. The van der Waals surface area contributed by atoms with Crippen molar-refractivity contribution in [1.29, 1.82) is 0 Å². The van der Waals surface area contributed by atoms with Crippen LogP contribution in [0.25, 0.3) is 0 Å². The molecule has 0 spiro atoms. The lowest BCUT2D eigenvalue weighted by atomic mass is 10.0. The number of carbonyl (C=O) groups is 1. The molecule has 0 aromatic carbocycles. The molecule has 0 aromatic rings. The lowest BCUT2D eigenvalue weighted by molar-refractivity contribution is -0.144. The van der Waals surface area contributed by atoms with E-state index >= 15 is 0 Å². The smallest absolute Gasteiger partial charge is 0.287 e. The van der Waals surface area contributed by atoms with Crippen LogP contribution in [0, 0.1) is 0 Å². The van der Waals surface area contributed by atoms with Crippen LogP contribution in [-0.4, -0.2) is 54.1 Å². The van der Waals surface area contributed by atoms with Crippen molar-refractivity contribution in [2.24, 2.45) is 0 Å². The number of likely N-dealkylation sites (tertiary alicyclic amines) is 1. The van der Waals surface area contributed by atoms with Gasteiger partial charge in [0.05, 0.1) is 12.6 Å². The van der Waals surface area contributed by atoms with Gasteiger partial charge in [-0.1, -0.05) is 6.92 Å². The summed E-state index contributed by atoms with van der Waals surface area (Å²) in [5.74, 6) is -3.50. The molecule has 94 valence electrons. The number of aliphatic hydroxyl groups is 1. The van der Waals surface area contributed by atoms with Gasteiger partial charge in [-0.05, 0) is 19.4 Å². The van der Waals surface area contributed by atoms with Crippen LogP contribution in [0.5, 0.6) is 0 Å². The first-order chi connectivity index (χ1) is 7.50. The second-order valence-corrected chi connectivity index (χ2v) is 4.03. The fraction of sp³-hybridized carbons (Fsp3) is 0.900. The molecule has 1 unspecified atom stereocenters. The van der Waals surface area contributed by atoms with E-state index in [1.54, 1.807) is 0 Å². The van der Waals surface area contributed by atoms with Crippen molar-refractivity contribution in [2.45, 2.75) is 31.7 Å². The number of halogens is 2. The molecule has 0 radical (unpaired) electrons. The molecular formula is C10H18F2N2O2. The number of carbonyl (C=O) groups excluding carboxylic acids is 1. The lowest BCUT2D eigenvalue weighted by Gasteiger charge is -2.34. The first-order valence-corrected chi connectivity index (χ1v) is 5.51. The SMILES string of the molecule is CCNC1CCCN(CC(F)(F)CO)C1=O. The third-order valence-corrected chi connectivity index (χ3v) is 2.63. The van der Waals surface area contributed by atoms with Gasteiger partial charge in [-0.25, -0.2) is 8.78 Å². The number of aliphatic hydroxyl groups excluding tert-OH is 1. The molecule has 1 amide bonds. The van der Waals surface area contributed by atoms with Gasteiger partial charge < -0.3 is 15.3 Å². The number of likely N-dealkylation sites (N-methyl/N-ethyl adjacent to an activating group) is 1. The topological polar surface area (TPSA) is 52.6 Å². The van der Waals surface area contributed by atoms with Crippen LogP contribution in [0.1, 0.15) is 19.8 Å². The highest BCUT2D eigenvalue weighted by atomic mass is 19.3. The van der Waals surface area contributed by atoms with Crippen LogP contribution >= 0.6 is 0 Å². The summed E-state index contributed by atoms with van der Waals surface area (Å²) in [6, 6.07) is -0.353. The number of alkyl halides is 2. The fourth-order valence-electron chi connectivity index (χ4n) is 1.86.